The molecule has 0 amide bonds. The molecule has 0 saturated carbocycles. The summed E-state index contributed by atoms with van der Waals surface area (Å²) in [5, 5.41) is 7.64. The van der Waals surface area contributed by atoms with Crippen molar-refractivity contribution >= 4 is 5.97 Å². The molecule has 0 bridgehead atoms. The summed E-state index contributed by atoms with van der Waals surface area (Å²) < 4.78 is 299. The lowest BCUT2D eigenvalue weighted by atomic mass is 9.86. The van der Waals surface area contributed by atoms with Crippen molar-refractivity contribution in [2.24, 2.45) is 0 Å². The Morgan fingerprint density at radius 1 is 0.395 bits per heavy atom. The highest BCUT2D eigenvalue weighted by molar-refractivity contribution is 5.77. The summed E-state index contributed by atoms with van der Waals surface area (Å²) in [5.41, 5.74) is 0. The lowest BCUT2D eigenvalue weighted by Crippen LogP contribution is -2.77. The van der Waals surface area contributed by atoms with Crippen molar-refractivity contribution in [2.45, 2.75) is 65.8 Å². The highest BCUT2D eigenvalue weighted by Crippen LogP contribution is 2.66. The molecular formula is C12HF23O3. The fourth-order valence-electron chi connectivity index (χ4n) is 1.91. The second-order valence-corrected chi connectivity index (χ2v) is 6.54. The molecular weight excluding hydrogens is 629 g/mol. The summed E-state index contributed by atoms with van der Waals surface area (Å²) >= 11 is 0. The van der Waals surface area contributed by atoms with Crippen molar-refractivity contribution in [3.63, 3.8) is 0 Å². The van der Waals surface area contributed by atoms with E-state index in [2.05, 4.69) is 0 Å². The summed E-state index contributed by atoms with van der Waals surface area (Å²) in [6.45, 7) is 0. The third-order valence-corrected chi connectivity index (χ3v) is 4.03. The van der Waals surface area contributed by atoms with Crippen LogP contribution in [0, 0.1) is 0 Å². The maximum Gasteiger partial charge on any atom is 0.527 e. The molecule has 228 valence electrons. The Hall–Kier alpha value is -2.18. The molecule has 0 saturated heterocycles. The van der Waals surface area contributed by atoms with Crippen LogP contribution in [-0.4, -0.2) is 76.8 Å². The number of carboxylic acids is 1. The molecule has 0 rings (SSSR count). The Morgan fingerprint density at radius 3 is 0.816 bits per heavy atom. The van der Waals surface area contributed by atoms with E-state index < -0.39 is 71.7 Å². The van der Waals surface area contributed by atoms with Gasteiger partial charge in [-0.15, -0.1) is 13.2 Å². The van der Waals surface area contributed by atoms with Gasteiger partial charge in [0.15, 0.2) is 0 Å². The van der Waals surface area contributed by atoms with Crippen molar-refractivity contribution in [1.29, 1.82) is 0 Å². The van der Waals surface area contributed by atoms with Crippen LogP contribution in [0.3, 0.4) is 0 Å². The van der Waals surface area contributed by atoms with Gasteiger partial charge in [-0.25, -0.2) is 9.53 Å². The SMILES string of the molecule is O=C(O)C(F)(F)C(F)(F)C(F)(F)C(F)(F)C(F)(F)C(F)(F)C(F)(F)C(F)(F)C(F)(F)C(F)(F)OC(F)(F)F. The molecule has 0 aromatic rings. The molecule has 0 radical (unpaired) electrons. The zero-order chi connectivity index (χ0) is 31.8. The number of hydrogen-bond acceptors (Lipinski definition) is 2. The van der Waals surface area contributed by atoms with Gasteiger partial charge in [-0.1, -0.05) is 0 Å². The van der Waals surface area contributed by atoms with Gasteiger partial charge in [0.1, 0.15) is 0 Å². The van der Waals surface area contributed by atoms with Gasteiger partial charge in [-0.2, -0.15) is 87.8 Å². The summed E-state index contributed by atoms with van der Waals surface area (Å²) in [4.78, 5) is 9.87. The lowest BCUT2D eigenvalue weighted by Gasteiger charge is -2.44. The Bertz CT molecular complexity index is 898. The first kappa shape index (κ1) is 35.8. The summed E-state index contributed by atoms with van der Waals surface area (Å²) in [5.74, 6) is -85.5. The van der Waals surface area contributed by atoms with Crippen molar-refractivity contribution in [1.82, 2.24) is 0 Å². The van der Waals surface area contributed by atoms with Crippen LogP contribution >= 0.6 is 0 Å². The third-order valence-electron chi connectivity index (χ3n) is 4.03. The normalized spacial score (nSPS) is 16.6. The van der Waals surface area contributed by atoms with Crippen LogP contribution < -0.4 is 0 Å². The number of alkyl halides is 23. The fourth-order valence-corrected chi connectivity index (χ4v) is 1.91. The molecule has 38 heavy (non-hydrogen) atoms. The molecule has 0 aliphatic rings. The Morgan fingerprint density at radius 2 is 0.605 bits per heavy atom. The number of rotatable bonds is 11. The van der Waals surface area contributed by atoms with E-state index in [1.54, 1.807) is 0 Å². The monoisotopic (exact) mass is 630 g/mol. The topological polar surface area (TPSA) is 46.5 Å². The largest absolute Gasteiger partial charge is 0.527 e. The van der Waals surface area contributed by atoms with Crippen LogP contribution in [0.1, 0.15) is 0 Å². The van der Waals surface area contributed by atoms with E-state index in [-0.39, 0.29) is 0 Å². The summed E-state index contributed by atoms with van der Waals surface area (Å²) in [6, 6.07) is 0. The zero-order valence-electron chi connectivity index (χ0n) is 16.0. The Kier molecular flexibility index (Phi) is 8.16. The molecule has 0 heterocycles. The zero-order valence-corrected chi connectivity index (χ0v) is 16.0. The second-order valence-electron chi connectivity index (χ2n) is 6.54. The quantitative estimate of drug-likeness (QED) is 0.253. The molecule has 26 heteroatoms. The minimum absolute atomic E-state index is 0.961. The lowest BCUT2D eigenvalue weighted by molar-refractivity contribution is -0.511. The maximum absolute atomic E-state index is 13.4. The summed E-state index contributed by atoms with van der Waals surface area (Å²) in [6.07, 6.45) is -15.5. The minimum atomic E-state index is -9.47. The first-order valence-electron chi connectivity index (χ1n) is 7.68. The molecule has 0 atom stereocenters. The molecule has 0 aromatic heterocycles. The van der Waals surface area contributed by atoms with Gasteiger partial charge in [-0.05, 0) is 0 Å². The molecule has 3 nitrogen and oxygen atoms in total. The fraction of sp³-hybridized carbons (Fsp3) is 0.917. The van der Waals surface area contributed by atoms with Crippen molar-refractivity contribution in [3.05, 3.63) is 0 Å². The van der Waals surface area contributed by atoms with E-state index in [1.165, 1.54) is 0 Å². The van der Waals surface area contributed by atoms with Crippen LogP contribution in [0.4, 0.5) is 101 Å². The van der Waals surface area contributed by atoms with Gasteiger partial charge in [-0.3, -0.25) is 0 Å². The number of carbonyl (C=O) groups is 1. The number of carboxylic acid groups (broad SMARTS) is 1. The first-order chi connectivity index (χ1) is 15.9. The molecule has 0 spiro atoms. The Labute approximate surface area is 189 Å². The van der Waals surface area contributed by atoms with Gasteiger partial charge in [0.2, 0.25) is 0 Å². The van der Waals surface area contributed by atoms with Gasteiger partial charge in [0, 0.05) is 0 Å². The number of ether oxygens (including phenoxy) is 1. The van der Waals surface area contributed by atoms with Gasteiger partial charge in [0.25, 0.3) is 0 Å². The van der Waals surface area contributed by atoms with E-state index in [0.717, 1.165) is 4.74 Å². The Balaban J connectivity index is 7.16. The van der Waals surface area contributed by atoms with Gasteiger partial charge >= 0.3 is 71.7 Å². The average molecular weight is 630 g/mol. The first-order valence-corrected chi connectivity index (χ1v) is 7.68. The van der Waals surface area contributed by atoms with Gasteiger partial charge < -0.3 is 5.11 Å². The maximum atomic E-state index is 13.4. The van der Waals surface area contributed by atoms with E-state index in [1.807, 2.05) is 0 Å². The molecule has 0 aliphatic heterocycles. The van der Waals surface area contributed by atoms with Crippen molar-refractivity contribution in [2.75, 3.05) is 0 Å². The predicted molar refractivity (Wildman–Crippen MR) is 64.2 cm³/mol. The van der Waals surface area contributed by atoms with Crippen LogP contribution in [0.2, 0.25) is 0 Å². The van der Waals surface area contributed by atoms with Crippen LogP contribution in [0.5, 0.6) is 0 Å². The highest BCUT2D eigenvalue weighted by atomic mass is 19.4. The van der Waals surface area contributed by atoms with E-state index in [9.17, 15) is 106 Å². The van der Waals surface area contributed by atoms with E-state index >= 15 is 0 Å². The summed E-state index contributed by atoms with van der Waals surface area (Å²) in [7, 11) is 0. The van der Waals surface area contributed by atoms with Crippen molar-refractivity contribution < 1.29 is 116 Å². The van der Waals surface area contributed by atoms with Gasteiger partial charge in [0.05, 0.1) is 0 Å². The molecule has 0 aromatic carbocycles. The highest BCUT2D eigenvalue weighted by Gasteiger charge is 2.98. The molecule has 0 fully saturated rings. The number of halogens is 23. The second kappa shape index (κ2) is 8.66. The van der Waals surface area contributed by atoms with Crippen LogP contribution in [-0.2, 0) is 9.53 Å². The molecule has 0 unspecified atom stereocenters. The average Bonchev–Trinajstić information content (AvgIpc) is 2.64. The van der Waals surface area contributed by atoms with Crippen LogP contribution in [0.15, 0.2) is 0 Å². The smallest absolute Gasteiger partial charge is 0.477 e. The molecule has 0 aliphatic carbocycles. The standard InChI is InChI=1S/C12HF23O3/c13-2(14,1(36)37)3(15,16)4(17,18)5(19,20)6(21,22)7(23,24)8(25,26)9(27,28)10(29,30)11(31,32)38-12(33,34)35/h(H,36,37). The predicted octanol–water partition coefficient (Wildman–Crippen LogP) is 6.92. The molecule has 1 N–H and O–H groups in total. The minimum Gasteiger partial charge on any atom is -0.477 e. The van der Waals surface area contributed by atoms with Crippen molar-refractivity contribution in [3.8, 4) is 0 Å². The third kappa shape index (κ3) is 4.42. The number of aliphatic carboxylic acids is 1. The van der Waals surface area contributed by atoms with Crippen LogP contribution in [0.25, 0.3) is 0 Å². The number of hydrogen-bond donors (Lipinski definition) is 1. The van der Waals surface area contributed by atoms with E-state index in [0.29, 0.717) is 0 Å². The van der Waals surface area contributed by atoms with E-state index in [4.69, 9.17) is 5.11 Å².